The number of hydrogen-bond acceptors (Lipinski definition) is 5. The number of nitrogens with one attached hydrogen (secondary N) is 1. The molecule has 20 heavy (non-hydrogen) atoms. The first-order chi connectivity index (χ1) is 9.70. The van der Waals surface area contributed by atoms with Gasteiger partial charge in [0.25, 0.3) is 5.91 Å². The minimum Gasteiger partial charge on any atom is -0.391 e. The highest BCUT2D eigenvalue weighted by Gasteiger charge is 2.35. The maximum Gasteiger partial charge on any atom is 0.273 e. The zero-order valence-electron chi connectivity index (χ0n) is 11.4. The second kappa shape index (κ2) is 5.47. The molecule has 0 radical (unpaired) electrons. The monoisotopic (exact) mass is 276 g/mol. The summed E-state index contributed by atoms with van der Waals surface area (Å²) in [5, 5.41) is 13.0. The molecule has 1 amide bonds. The van der Waals surface area contributed by atoms with Crippen molar-refractivity contribution in [2.75, 3.05) is 19.6 Å². The van der Waals surface area contributed by atoms with Gasteiger partial charge in [0.15, 0.2) is 0 Å². The maximum atomic E-state index is 12.7. The number of hydrogen-bond donors (Lipinski definition) is 3. The summed E-state index contributed by atoms with van der Waals surface area (Å²) in [6.45, 7) is 2.32. The number of pyridine rings is 1. The minimum atomic E-state index is -0.481. The van der Waals surface area contributed by atoms with Crippen molar-refractivity contribution >= 4 is 5.91 Å². The van der Waals surface area contributed by atoms with Crippen LogP contribution in [0.3, 0.4) is 0 Å². The lowest BCUT2D eigenvalue weighted by atomic mass is 9.99. The molecule has 1 fully saturated rings. The molecule has 0 aromatic carbocycles. The molecule has 0 saturated carbocycles. The summed E-state index contributed by atoms with van der Waals surface area (Å²) in [6, 6.07) is 1.89. The quantitative estimate of drug-likeness (QED) is 0.662. The molecule has 1 aromatic rings. The average Bonchev–Trinajstić information content (AvgIpc) is 2.87. The second-order valence-electron chi connectivity index (χ2n) is 5.46. The normalized spacial score (nSPS) is 25.6. The van der Waals surface area contributed by atoms with E-state index in [1.807, 2.05) is 6.07 Å². The van der Waals surface area contributed by atoms with Gasteiger partial charge in [0.1, 0.15) is 5.69 Å². The second-order valence-corrected chi connectivity index (χ2v) is 5.46. The number of likely N-dealkylation sites (tertiary alicyclic amines) is 1. The zero-order valence-corrected chi connectivity index (χ0v) is 11.4. The third-order valence-corrected chi connectivity index (χ3v) is 4.15. The maximum absolute atomic E-state index is 12.7. The molecule has 1 aromatic heterocycles. The minimum absolute atomic E-state index is 0.0910. The van der Waals surface area contributed by atoms with Crippen LogP contribution >= 0.6 is 0 Å². The molecule has 3 heterocycles. The molecule has 0 unspecified atom stereocenters. The molecule has 0 bridgehead atoms. The van der Waals surface area contributed by atoms with Crippen molar-refractivity contribution in [3.8, 4) is 0 Å². The molecule has 2 atom stereocenters. The number of nitrogens with zero attached hydrogens (tertiary/aromatic N) is 2. The van der Waals surface area contributed by atoms with E-state index in [1.165, 1.54) is 5.56 Å². The Hall–Kier alpha value is -1.50. The topological polar surface area (TPSA) is 91.5 Å². The number of nitrogens with two attached hydrogens (primary N) is 1. The first kappa shape index (κ1) is 13.5. The number of rotatable bonds is 2. The highest BCUT2D eigenvalue weighted by atomic mass is 16.3. The van der Waals surface area contributed by atoms with Crippen molar-refractivity contribution in [2.24, 2.45) is 5.73 Å². The van der Waals surface area contributed by atoms with Gasteiger partial charge in [-0.05, 0) is 31.0 Å². The Morgan fingerprint density at radius 3 is 3.25 bits per heavy atom. The molecule has 0 aliphatic carbocycles. The van der Waals surface area contributed by atoms with Gasteiger partial charge in [-0.25, -0.2) is 0 Å². The van der Waals surface area contributed by atoms with Gasteiger partial charge in [0, 0.05) is 37.4 Å². The standard InChI is InChI=1S/C14H20N4O2/c15-6-10-5-11(19)8-18(10)14(20)13-12-7-16-3-1-9(12)2-4-17-13/h2,4,10-11,16,19H,1,3,5-8,15H2/t10-,11-/m1/s1. The van der Waals surface area contributed by atoms with E-state index in [0.29, 0.717) is 31.7 Å². The van der Waals surface area contributed by atoms with E-state index in [0.717, 1.165) is 18.5 Å². The number of aliphatic hydroxyl groups excluding tert-OH is 1. The van der Waals surface area contributed by atoms with Crippen molar-refractivity contribution in [3.05, 3.63) is 29.1 Å². The van der Waals surface area contributed by atoms with Gasteiger partial charge in [-0.1, -0.05) is 0 Å². The lowest BCUT2D eigenvalue weighted by molar-refractivity contribution is 0.0713. The van der Waals surface area contributed by atoms with Gasteiger partial charge in [-0.15, -0.1) is 0 Å². The van der Waals surface area contributed by atoms with Crippen LogP contribution in [0.1, 0.15) is 28.0 Å². The number of β-amino-alcohol motifs (C(OH)–C–C–N with tert-alkyl or cyclic N) is 1. The molecule has 2 aliphatic heterocycles. The molecule has 1 saturated heterocycles. The SMILES string of the molecule is NC[C@H]1C[C@@H](O)CN1C(=O)c1nccc2c1CNCC2. The van der Waals surface area contributed by atoms with Crippen LogP contribution in [0.15, 0.2) is 12.3 Å². The van der Waals surface area contributed by atoms with Crippen molar-refractivity contribution in [1.82, 2.24) is 15.2 Å². The van der Waals surface area contributed by atoms with Crippen LogP contribution in [0.4, 0.5) is 0 Å². The van der Waals surface area contributed by atoms with Crippen molar-refractivity contribution in [1.29, 1.82) is 0 Å². The highest BCUT2D eigenvalue weighted by Crippen LogP contribution is 2.23. The number of aliphatic hydroxyl groups is 1. The van der Waals surface area contributed by atoms with Crippen molar-refractivity contribution in [2.45, 2.75) is 31.5 Å². The van der Waals surface area contributed by atoms with Crippen molar-refractivity contribution in [3.63, 3.8) is 0 Å². The van der Waals surface area contributed by atoms with E-state index in [2.05, 4.69) is 10.3 Å². The number of amides is 1. The Balaban J connectivity index is 1.91. The summed E-state index contributed by atoms with van der Waals surface area (Å²) < 4.78 is 0. The number of fused-ring (bicyclic) bond motifs is 1. The number of carbonyl (C=O) groups is 1. The summed E-state index contributed by atoms with van der Waals surface area (Å²) in [5.74, 6) is -0.113. The van der Waals surface area contributed by atoms with Crippen LogP contribution in [0.5, 0.6) is 0 Å². The Bertz CT molecular complexity index is 520. The fraction of sp³-hybridized carbons (Fsp3) is 0.571. The van der Waals surface area contributed by atoms with E-state index in [9.17, 15) is 9.90 Å². The highest BCUT2D eigenvalue weighted by molar-refractivity contribution is 5.94. The van der Waals surface area contributed by atoms with Crippen LogP contribution in [0, 0.1) is 0 Å². The van der Waals surface area contributed by atoms with Crippen LogP contribution < -0.4 is 11.1 Å². The predicted molar refractivity (Wildman–Crippen MR) is 74.2 cm³/mol. The van der Waals surface area contributed by atoms with E-state index in [1.54, 1.807) is 11.1 Å². The lowest BCUT2D eigenvalue weighted by Crippen LogP contribution is -2.41. The first-order valence-corrected chi connectivity index (χ1v) is 7.07. The fourth-order valence-corrected chi connectivity index (χ4v) is 3.08. The molecular weight excluding hydrogens is 256 g/mol. The Morgan fingerprint density at radius 1 is 1.60 bits per heavy atom. The fourth-order valence-electron chi connectivity index (χ4n) is 3.08. The summed E-state index contributed by atoms with van der Waals surface area (Å²) >= 11 is 0. The van der Waals surface area contributed by atoms with Crippen LogP contribution in [0.2, 0.25) is 0 Å². The van der Waals surface area contributed by atoms with Gasteiger partial charge < -0.3 is 21.1 Å². The summed E-state index contributed by atoms with van der Waals surface area (Å²) in [7, 11) is 0. The van der Waals surface area contributed by atoms with E-state index in [4.69, 9.17) is 5.73 Å². The molecule has 4 N–H and O–H groups in total. The summed E-state index contributed by atoms with van der Waals surface area (Å²) in [5.41, 5.74) is 8.38. The third-order valence-electron chi connectivity index (χ3n) is 4.15. The summed E-state index contributed by atoms with van der Waals surface area (Å²) in [4.78, 5) is 18.6. The van der Waals surface area contributed by atoms with E-state index < -0.39 is 6.10 Å². The van der Waals surface area contributed by atoms with Crippen LogP contribution in [0.25, 0.3) is 0 Å². The van der Waals surface area contributed by atoms with E-state index in [-0.39, 0.29) is 11.9 Å². The Kier molecular flexibility index (Phi) is 3.69. The molecule has 6 nitrogen and oxygen atoms in total. The van der Waals surface area contributed by atoms with Crippen LogP contribution in [-0.4, -0.2) is 52.7 Å². The van der Waals surface area contributed by atoms with Gasteiger partial charge in [-0.3, -0.25) is 9.78 Å². The lowest BCUT2D eigenvalue weighted by Gasteiger charge is -2.25. The number of aromatic nitrogens is 1. The largest absolute Gasteiger partial charge is 0.391 e. The summed E-state index contributed by atoms with van der Waals surface area (Å²) in [6.07, 6.45) is 2.68. The average molecular weight is 276 g/mol. The molecule has 108 valence electrons. The van der Waals surface area contributed by atoms with Crippen LogP contribution in [-0.2, 0) is 13.0 Å². The molecule has 0 spiro atoms. The van der Waals surface area contributed by atoms with Crippen molar-refractivity contribution < 1.29 is 9.90 Å². The van der Waals surface area contributed by atoms with Gasteiger partial charge >= 0.3 is 0 Å². The van der Waals surface area contributed by atoms with Gasteiger partial charge in [0.05, 0.1) is 6.10 Å². The first-order valence-electron chi connectivity index (χ1n) is 7.07. The smallest absolute Gasteiger partial charge is 0.273 e. The predicted octanol–water partition coefficient (Wildman–Crippen LogP) is -0.739. The Labute approximate surface area is 118 Å². The van der Waals surface area contributed by atoms with Gasteiger partial charge in [-0.2, -0.15) is 0 Å². The van der Waals surface area contributed by atoms with Gasteiger partial charge in [0.2, 0.25) is 0 Å². The molecular formula is C14H20N4O2. The molecule has 2 aliphatic rings. The number of carbonyl (C=O) groups excluding carboxylic acids is 1. The third kappa shape index (κ3) is 2.30. The molecule has 6 heteroatoms. The Morgan fingerprint density at radius 2 is 2.45 bits per heavy atom. The zero-order chi connectivity index (χ0) is 14.1. The van der Waals surface area contributed by atoms with E-state index >= 15 is 0 Å². The molecule has 3 rings (SSSR count).